The maximum absolute atomic E-state index is 10.0. The molecular weight excluding hydrogens is 156 g/mol. The maximum atomic E-state index is 10.0. The van der Waals surface area contributed by atoms with E-state index in [0.29, 0.717) is 6.54 Å². The van der Waals surface area contributed by atoms with E-state index in [-0.39, 0.29) is 0 Å². The van der Waals surface area contributed by atoms with Crippen molar-refractivity contribution in [2.45, 2.75) is 0 Å². The van der Waals surface area contributed by atoms with Crippen LogP contribution in [0.3, 0.4) is 0 Å². The van der Waals surface area contributed by atoms with Crippen LogP contribution >= 0.6 is 0 Å². The van der Waals surface area contributed by atoms with Crippen molar-refractivity contribution in [2.24, 2.45) is 5.92 Å². The molecule has 0 bridgehead atoms. The van der Waals surface area contributed by atoms with Gasteiger partial charge in [0.1, 0.15) is 0 Å². The third kappa shape index (κ3) is 3.50. The van der Waals surface area contributed by atoms with Crippen LogP contribution in [0.25, 0.3) is 0 Å². The van der Waals surface area contributed by atoms with Gasteiger partial charge in [-0.05, 0) is 5.92 Å². The summed E-state index contributed by atoms with van der Waals surface area (Å²) in [6, 6.07) is 0. The Balaban J connectivity index is 1.91. The van der Waals surface area contributed by atoms with Crippen LogP contribution in [0.1, 0.15) is 0 Å². The Labute approximate surface area is 71.7 Å². The highest BCUT2D eigenvalue weighted by atomic mass is 16.4. The molecule has 12 heavy (non-hydrogen) atoms. The molecule has 0 unspecified atom stereocenters. The molecule has 1 fully saturated rings. The van der Waals surface area contributed by atoms with E-state index in [2.05, 4.69) is 10.6 Å². The number of aliphatic carboxylic acids is 1. The Kier molecular flexibility index (Phi) is 3.76. The summed E-state index contributed by atoms with van der Waals surface area (Å²) in [6.45, 7) is 3.77. The average Bonchev–Trinajstić information content (AvgIpc) is 1.92. The highest BCUT2D eigenvalue weighted by Crippen LogP contribution is 1.98. The van der Waals surface area contributed by atoms with Crippen LogP contribution in [0.2, 0.25) is 0 Å². The third-order valence-corrected chi connectivity index (χ3v) is 1.82. The molecule has 1 aliphatic heterocycles. The number of carboxylic acids is 1. The molecule has 3 N–H and O–H groups in total. The van der Waals surface area contributed by atoms with Gasteiger partial charge in [-0.25, -0.2) is 4.79 Å². The molecule has 1 aliphatic rings. The van der Waals surface area contributed by atoms with E-state index < -0.39 is 5.97 Å². The topological polar surface area (TPSA) is 61.4 Å². The van der Waals surface area contributed by atoms with Gasteiger partial charge < -0.3 is 15.7 Å². The van der Waals surface area contributed by atoms with Gasteiger partial charge in [0.2, 0.25) is 0 Å². The van der Waals surface area contributed by atoms with Gasteiger partial charge in [0.15, 0.2) is 0 Å². The van der Waals surface area contributed by atoms with Crippen LogP contribution in [-0.4, -0.2) is 37.3 Å². The van der Waals surface area contributed by atoms with Crippen LogP contribution in [0.5, 0.6) is 0 Å². The monoisotopic (exact) mass is 170 g/mol. The predicted octanol–water partition coefficient (Wildman–Crippen LogP) is -0.564. The van der Waals surface area contributed by atoms with Crippen molar-refractivity contribution >= 4 is 5.97 Å². The van der Waals surface area contributed by atoms with E-state index in [9.17, 15) is 4.79 Å². The third-order valence-electron chi connectivity index (χ3n) is 1.82. The summed E-state index contributed by atoms with van der Waals surface area (Å²) >= 11 is 0. The average molecular weight is 170 g/mol. The van der Waals surface area contributed by atoms with Gasteiger partial charge in [-0.15, -0.1) is 0 Å². The molecule has 4 nitrogen and oxygen atoms in total. The van der Waals surface area contributed by atoms with Crippen molar-refractivity contribution in [3.63, 3.8) is 0 Å². The summed E-state index contributed by atoms with van der Waals surface area (Å²) in [5, 5.41) is 14.6. The number of hydrogen-bond donors (Lipinski definition) is 3. The fourth-order valence-electron chi connectivity index (χ4n) is 1.02. The van der Waals surface area contributed by atoms with Crippen molar-refractivity contribution < 1.29 is 9.90 Å². The molecule has 0 aromatic heterocycles. The molecule has 0 aliphatic carbocycles. The SMILES string of the molecule is O=C(O)/C=C/CNCC1CNC1. The van der Waals surface area contributed by atoms with E-state index in [4.69, 9.17) is 5.11 Å². The second-order valence-corrected chi connectivity index (χ2v) is 2.92. The fraction of sp³-hybridized carbons (Fsp3) is 0.625. The Hall–Kier alpha value is -0.870. The first-order chi connectivity index (χ1) is 5.79. The van der Waals surface area contributed by atoms with Gasteiger partial charge in [-0.1, -0.05) is 6.08 Å². The van der Waals surface area contributed by atoms with Gasteiger partial charge in [0.05, 0.1) is 0 Å². The van der Waals surface area contributed by atoms with Gasteiger partial charge >= 0.3 is 5.97 Å². The Bertz CT molecular complexity index is 176. The first-order valence-electron chi connectivity index (χ1n) is 4.10. The van der Waals surface area contributed by atoms with Crippen molar-refractivity contribution in [3.05, 3.63) is 12.2 Å². The van der Waals surface area contributed by atoms with E-state index in [0.717, 1.165) is 31.6 Å². The smallest absolute Gasteiger partial charge is 0.328 e. The van der Waals surface area contributed by atoms with Crippen LogP contribution < -0.4 is 10.6 Å². The summed E-state index contributed by atoms with van der Waals surface area (Å²) < 4.78 is 0. The summed E-state index contributed by atoms with van der Waals surface area (Å²) in [7, 11) is 0. The van der Waals surface area contributed by atoms with E-state index in [1.807, 2.05) is 0 Å². The minimum absolute atomic E-state index is 0.642. The Morgan fingerprint density at radius 3 is 2.92 bits per heavy atom. The quantitative estimate of drug-likeness (QED) is 0.382. The van der Waals surface area contributed by atoms with Crippen LogP contribution in [0.15, 0.2) is 12.2 Å². The number of carboxylic acid groups (broad SMARTS) is 1. The van der Waals surface area contributed by atoms with E-state index >= 15 is 0 Å². The summed E-state index contributed by atoms with van der Waals surface area (Å²) in [4.78, 5) is 10.0. The van der Waals surface area contributed by atoms with Crippen LogP contribution in [-0.2, 0) is 4.79 Å². The predicted molar refractivity (Wildman–Crippen MR) is 46.0 cm³/mol. The lowest BCUT2D eigenvalue weighted by atomic mass is 10.0. The molecule has 0 spiro atoms. The zero-order chi connectivity index (χ0) is 8.81. The zero-order valence-corrected chi connectivity index (χ0v) is 6.92. The maximum Gasteiger partial charge on any atom is 0.328 e. The van der Waals surface area contributed by atoms with Gasteiger partial charge in [-0.2, -0.15) is 0 Å². The van der Waals surface area contributed by atoms with Crippen molar-refractivity contribution in [1.82, 2.24) is 10.6 Å². The molecule has 0 atom stereocenters. The summed E-state index contributed by atoms with van der Waals surface area (Å²) in [6.07, 6.45) is 2.78. The Morgan fingerprint density at radius 1 is 1.67 bits per heavy atom. The van der Waals surface area contributed by atoms with Gasteiger partial charge in [-0.3, -0.25) is 0 Å². The Morgan fingerprint density at radius 2 is 2.42 bits per heavy atom. The van der Waals surface area contributed by atoms with Crippen LogP contribution in [0.4, 0.5) is 0 Å². The second kappa shape index (κ2) is 4.90. The standard InChI is InChI=1S/C8H14N2O2/c11-8(12)2-1-3-9-4-7-5-10-6-7/h1-2,7,9-10H,3-6H2,(H,11,12)/b2-1+. The lowest BCUT2D eigenvalue weighted by Gasteiger charge is -2.26. The van der Waals surface area contributed by atoms with Gasteiger partial charge in [0, 0.05) is 32.3 Å². The molecule has 1 saturated heterocycles. The molecule has 0 saturated carbocycles. The molecular formula is C8H14N2O2. The van der Waals surface area contributed by atoms with Crippen molar-refractivity contribution in [1.29, 1.82) is 0 Å². The molecule has 0 aromatic rings. The fourth-order valence-corrected chi connectivity index (χ4v) is 1.02. The molecule has 1 heterocycles. The number of hydrogen-bond acceptors (Lipinski definition) is 3. The lowest BCUT2D eigenvalue weighted by Crippen LogP contribution is -2.47. The highest BCUT2D eigenvalue weighted by molar-refractivity contribution is 5.79. The molecule has 0 amide bonds. The minimum Gasteiger partial charge on any atom is -0.478 e. The highest BCUT2D eigenvalue weighted by Gasteiger charge is 2.14. The number of nitrogens with one attached hydrogen (secondary N) is 2. The van der Waals surface area contributed by atoms with Gasteiger partial charge in [0.25, 0.3) is 0 Å². The normalized spacial score (nSPS) is 18.0. The molecule has 0 radical (unpaired) electrons. The second-order valence-electron chi connectivity index (χ2n) is 2.92. The zero-order valence-electron chi connectivity index (χ0n) is 6.92. The van der Waals surface area contributed by atoms with Crippen molar-refractivity contribution in [3.8, 4) is 0 Å². The first kappa shape index (κ1) is 9.22. The van der Waals surface area contributed by atoms with Crippen LogP contribution in [0, 0.1) is 5.92 Å². The molecule has 1 rings (SSSR count). The molecule has 0 aromatic carbocycles. The summed E-state index contributed by atoms with van der Waals surface area (Å²) in [5.41, 5.74) is 0. The van der Waals surface area contributed by atoms with Crippen molar-refractivity contribution in [2.75, 3.05) is 26.2 Å². The van der Waals surface area contributed by atoms with E-state index in [1.165, 1.54) is 0 Å². The largest absolute Gasteiger partial charge is 0.478 e. The lowest BCUT2D eigenvalue weighted by molar-refractivity contribution is -0.131. The minimum atomic E-state index is -0.887. The number of carbonyl (C=O) groups is 1. The van der Waals surface area contributed by atoms with E-state index in [1.54, 1.807) is 6.08 Å². The molecule has 68 valence electrons. The first-order valence-corrected chi connectivity index (χ1v) is 4.10. The molecule has 4 heteroatoms. The number of rotatable bonds is 5. The summed E-state index contributed by atoms with van der Waals surface area (Å²) in [5.74, 6) is -0.162.